The first kappa shape index (κ1) is 13.3. The molecule has 2 N–H and O–H groups in total. The standard InChI is InChI=1S/C14H19NO2/c1-17-13-10-8-12(9-11-13)6-4-2-3-5-7-14(15)16/h2-3,8-11H,4-7H2,1H3,(H2,15,16). The molecule has 0 bridgehead atoms. The average molecular weight is 233 g/mol. The van der Waals surface area contributed by atoms with Crippen molar-refractivity contribution < 1.29 is 9.53 Å². The molecule has 0 spiro atoms. The van der Waals surface area contributed by atoms with Gasteiger partial charge in [-0.3, -0.25) is 4.79 Å². The zero-order chi connectivity index (χ0) is 12.5. The predicted molar refractivity (Wildman–Crippen MR) is 68.9 cm³/mol. The number of methoxy groups -OCH3 is 1. The van der Waals surface area contributed by atoms with Crippen LogP contribution in [0.2, 0.25) is 0 Å². The van der Waals surface area contributed by atoms with Crippen molar-refractivity contribution >= 4 is 5.91 Å². The molecule has 0 aliphatic heterocycles. The molecule has 0 fully saturated rings. The molecule has 1 rings (SSSR count). The number of rotatable bonds is 7. The monoisotopic (exact) mass is 233 g/mol. The number of hydrogen-bond donors (Lipinski definition) is 1. The van der Waals surface area contributed by atoms with Gasteiger partial charge in [-0.1, -0.05) is 24.3 Å². The Balaban J connectivity index is 2.23. The quantitative estimate of drug-likeness (QED) is 0.735. The van der Waals surface area contributed by atoms with Crippen LogP contribution in [0.15, 0.2) is 36.4 Å². The minimum atomic E-state index is -0.246. The predicted octanol–water partition coefficient (Wildman–Crippen LogP) is 2.45. The van der Waals surface area contributed by atoms with Gasteiger partial charge in [0.05, 0.1) is 7.11 Å². The van der Waals surface area contributed by atoms with Crippen LogP contribution in [-0.4, -0.2) is 13.0 Å². The minimum Gasteiger partial charge on any atom is -0.497 e. The number of carbonyl (C=O) groups excluding carboxylic acids is 1. The third-order valence-electron chi connectivity index (χ3n) is 2.48. The lowest BCUT2D eigenvalue weighted by molar-refractivity contribution is -0.117. The van der Waals surface area contributed by atoms with Crippen LogP contribution in [-0.2, 0) is 11.2 Å². The number of hydrogen-bond acceptors (Lipinski definition) is 2. The van der Waals surface area contributed by atoms with Gasteiger partial charge in [-0.2, -0.15) is 0 Å². The van der Waals surface area contributed by atoms with Crippen LogP contribution in [0.5, 0.6) is 5.75 Å². The van der Waals surface area contributed by atoms with E-state index in [9.17, 15) is 4.79 Å². The van der Waals surface area contributed by atoms with Crippen molar-refractivity contribution in [1.82, 2.24) is 0 Å². The Bertz CT molecular complexity index is 368. The van der Waals surface area contributed by atoms with Crippen molar-refractivity contribution in [2.75, 3.05) is 7.11 Å². The summed E-state index contributed by atoms with van der Waals surface area (Å²) in [7, 11) is 1.66. The molecule has 3 heteroatoms. The first-order valence-electron chi connectivity index (χ1n) is 5.78. The van der Waals surface area contributed by atoms with Gasteiger partial charge in [0.15, 0.2) is 0 Å². The number of nitrogens with two attached hydrogens (primary N) is 1. The fourth-order valence-corrected chi connectivity index (χ4v) is 1.50. The molecule has 17 heavy (non-hydrogen) atoms. The summed E-state index contributed by atoms with van der Waals surface area (Å²) in [6.45, 7) is 0. The highest BCUT2D eigenvalue weighted by molar-refractivity contribution is 5.73. The van der Waals surface area contributed by atoms with E-state index in [0.717, 1.165) is 25.0 Å². The number of allylic oxidation sites excluding steroid dienone is 2. The van der Waals surface area contributed by atoms with Crippen LogP contribution in [0.4, 0.5) is 0 Å². The summed E-state index contributed by atoms with van der Waals surface area (Å²) in [6.07, 6.45) is 7.24. The lowest BCUT2D eigenvalue weighted by Gasteiger charge is -2.01. The molecule has 0 aliphatic carbocycles. The number of aryl methyl sites for hydroxylation is 1. The molecule has 0 saturated carbocycles. The van der Waals surface area contributed by atoms with E-state index in [-0.39, 0.29) is 5.91 Å². The molecule has 0 radical (unpaired) electrons. The van der Waals surface area contributed by atoms with E-state index in [1.54, 1.807) is 7.11 Å². The van der Waals surface area contributed by atoms with Crippen molar-refractivity contribution in [3.05, 3.63) is 42.0 Å². The number of amides is 1. The van der Waals surface area contributed by atoms with Gasteiger partial charge in [-0.15, -0.1) is 0 Å². The molecule has 3 nitrogen and oxygen atoms in total. The second-order valence-corrected chi connectivity index (χ2v) is 3.86. The molecule has 1 amide bonds. The molecule has 0 heterocycles. The summed E-state index contributed by atoms with van der Waals surface area (Å²) in [5.74, 6) is 0.635. The summed E-state index contributed by atoms with van der Waals surface area (Å²) in [5, 5.41) is 0. The molecule has 0 aromatic heterocycles. The minimum absolute atomic E-state index is 0.246. The maximum absolute atomic E-state index is 10.5. The summed E-state index contributed by atoms with van der Waals surface area (Å²) < 4.78 is 5.09. The number of ether oxygens (including phenoxy) is 1. The van der Waals surface area contributed by atoms with Crippen LogP contribution in [0.1, 0.15) is 24.8 Å². The number of carbonyl (C=O) groups is 1. The van der Waals surface area contributed by atoms with Crippen LogP contribution in [0.25, 0.3) is 0 Å². The molecule has 0 saturated heterocycles. The van der Waals surface area contributed by atoms with Crippen molar-refractivity contribution in [2.45, 2.75) is 25.7 Å². The highest BCUT2D eigenvalue weighted by Crippen LogP contribution is 2.12. The van der Waals surface area contributed by atoms with Gasteiger partial charge in [0.2, 0.25) is 5.91 Å². The van der Waals surface area contributed by atoms with Gasteiger partial charge >= 0.3 is 0 Å². The number of primary amides is 1. The Kier molecular flexibility index (Phi) is 5.86. The van der Waals surface area contributed by atoms with Gasteiger partial charge < -0.3 is 10.5 Å². The molecular weight excluding hydrogens is 214 g/mol. The summed E-state index contributed by atoms with van der Waals surface area (Å²) in [4.78, 5) is 10.5. The highest BCUT2D eigenvalue weighted by Gasteiger charge is 1.93. The van der Waals surface area contributed by atoms with E-state index in [4.69, 9.17) is 10.5 Å². The maximum Gasteiger partial charge on any atom is 0.217 e. The normalized spacial score (nSPS) is 10.6. The zero-order valence-corrected chi connectivity index (χ0v) is 10.2. The van der Waals surface area contributed by atoms with Crippen molar-refractivity contribution in [1.29, 1.82) is 0 Å². The van der Waals surface area contributed by atoms with Crippen molar-refractivity contribution in [3.8, 4) is 5.75 Å². The Morgan fingerprint density at radius 3 is 2.47 bits per heavy atom. The van der Waals surface area contributed by atoms with Crippen molar-refractivity contribution in [3.63, 3.8) is 0 Å². The van der Waals surface area contributed by atoms with Gasteiger partial charge in [0, 0.05) is 6.42 Å². The number of benzene rings is 1. The smallest absolute Gasteiger partial charge is 0.217 e. The van der Waals surface area contributed by atoms with E-state index in [1.807, 2.05) is 18.2 Å². The van der Waals surface area contributed by atoms with E-state index < -0.39 is 0 Å². The Labute approximate surface area is 102 Å². The lowest BCUT2D eigenvalue weighted by atomic mass is 10.1. The van der Waals surface area contributed by atoms with Crippen LogP contribution in [0, 0.1) is 0 Å². The second kappa shape index (κ2) is 7.49. The van der Waals surface area contributed by atoms with Crippen LogP contribution in [0.3, 0.4) is 0 Å². The molecular formula is C14H19NO2. The fraction of sp³-hybridized carbons (Fsp3) is 0.357. The SMILES string of the molecule is COc1ccc(CCC=CCCC(N)=O)cc1. The van der Waals surface area contributed by atoms with E-state index in [0.29, 0.717) is 6.42 Å². The topological polar surface area (TPSA) is 52.3 Å². The zero-order valence-electron chi connectivity index (χ0n) is 10.2. The van der Waals surface area contributed by atoms with Crippen molar-refractivity contribution in [2.24, 2.45) is 5.73 Å². The van der Waals surface area contributed by atoms with Gasteiger partial charge in [0.1, 0.15) is 5.75 Å². The summed E-state index contributed by atoms with van der Waals surface area (Å²) >= 11 is 0. The third-order valence-corrected chi connectivity index (χ3v) is 2.48. The second-order valence-electron chi connectivity index (χ2n) is 3.86. The molecule has 0 aliphatic rings. The lowest BCUT2D eigenvalue weighted by Crippen LogP contribution is -2.08. The van der Waals surface area contributed by atoms with E-state index in [1.165, 1.54) is 5.56 Å². The largest absolute Gasteiger partial charge is 0.497 e. The van der Waals surface area contributed by atoms with Gasteiger partial charge in [-0.25, -0.2) is 0 Å². The fourth-order valence-electron chi connectivity index (χ4n) is 1.50. The van der Waals surface area contributed by atoms with E-state index >= 15 is 0 Å². The maximum atomic E-state index is 10.5. The van der Waals surface area contributed by atoms with E-state index in [2.05, 4.69) is 18.2 Å². The molecule has 1 aromatic carbocycles. The Morgan fingerprint density at radius 2 is 1.88 bits per heavy atom. The summed E-state index contributed by atoms with van der Waals surface area (Å²) in [6, 6.07) is 8.06. The first-order valence-corrected chi connectivity index (χ1v) is 5.78. The third kappa shape index (κ3) is 5.76. The average Bonchev–Trinajstić information content (AvgIpc) is 2.34. The molecule has 0 atom stereocenters. The van der Waals surface area contributed by atoms with Gasteiger partial charge in [0.25, 0.3) is 0 Å². The highest BCUT2D eigenvalue weighted by atomic mass is 16.5. The Hall–Kier alpha value is -1.77. The summed E-state index contributed by atoms with van der Waals surface area (Å²) in [5.41, 5.74) is 6.32. The first-order chi connectivity index (χ1) is 8.22. The molecule has 92 valence electrons. The molecule has 1 aromatic rings. The van der Waals surface area contributed by atoms with Crippen LogP contribution >= 0.6 is 0 Å². The van der Waals surface area contributed by atoms with Gasteiger partial charge in [-0.05, 0) is 37.0 Å². The van der Waals surface area contributed by atoms with Crippen LogP contribution < -0.4 is 10.5 Å². The molecule has 0 unspecified atom stereocenters. The Morgan fingerprint density at radius 1 is 1.24 bits per heavy atom.